The van der Waals surface area contributed by atoms with Gasteiger partial charge >= 0.3 is 0 Å². The Morgan fingerprint density at radius 1 is 1.06 bits per heavy atom. The van der Waals surface area contributed by atoms with Gasteiger partial charge in [0, 0.05) is 17.7 Å². The molecular formula is C15H20N2. The molecular weight excluding hydrogens is 208 g/mol. The van der Waals surface area contributed by atoms with Crippen LogP contribution < -0.4 is 0 Å². The van der Waals surface area contributed by atoms with Crippen molar-refractivity contribution >= 4 is 5.71 Å². The highest BCUT2D eigenvalue weighted by molar-refractivity contribution is 5.95. The zero-order valence-electron chi connectivity index (χ0n) is 10.4. The second-order valence-electron chi connectivity index (χ2n) is 6.94. The number of rotatable bonds is 1. The molecule has 4 bridgehead atoms. The molecule has 2 nitrogen and oxygen atoms in total. The molecule has 0 N–H and O–H groups in total. The zero-order valence-corrected chi connectivity index (χ0v) is 10.4. The number of aliphatic imine (C=N–C) groups is 1. The minimum absolute atomic E-state index is 0.159. The van der Waals surface area contributed by atoms with Crippen LogP contribution in [0.4, 0.5) is 0 Å². The van der Waals surface area contributed by atoms with Crippen LogP contribution >= 0.6 is 0 Å². The first-order valence-corrected chi connectivity index (χ1v) is 7.23. The monoisotopic (exact) mass is 228 g/mol. The third-order valence-corrected chi connectivity index (χ3v) is 5.77. The molecule has 0 spiro atoms. The van der Waals surface area contributed by atoms with Crippen LogP contribution in [0.5, 0.6) is 0 Å². The van der Waals surface area contributed by atoms with E-state index in [1.165, 1.54) is 44.2 Å². The third-order valence-electron chi connectivity index (χ3n) is 5.77. The van der Waals surface area contributed by atoms with E-state index in [-0.39, 0.29) is 5.92 Å². The summed E-state index contributed by atoms with van der Waals surface area (Å²) in [7, 11) is 0. The molecule has 2 heteroatoms. The van der Waals surface area contributed by atoms with E-state index in [2.05, 4.69) is 6.07 Å². The maximum atomic E-state index is 9.31. The lowest BCUT2D eigenvalue weighted by molar-refractivity contribution is -0.0137. The number of hydrogen-bond donors (Lipinski definition) is 0. The van der Waals surface area contributed by atoms with Crippen molar-refractivity contribution < 1.29 is 0 Å². The van der Waals surface area contributed by atoms with Crippen molar-refractivity contribution in [3.63, 3.8) is 0 Å². The Morgan fingerprint density at radius 3 is 2.18 bits per heavy atom. The van der Waals surface area contributed by atoms with E-state index < -0.39 is 0 Å². The van der Waals surface area contributed by atoms with Crippen LogP contribution in [0.25, 0.3) is 0 Å². The summed E-state index contributed by atoms with van der Waals surface area (Å²) >= 11 is 0. The summed E-state index contributed by atoms with van der Waals surface area (Å²) in [4.78, 5) is 4.77. The predicted octanol–water partition coefficient (Wildman–Crippen LogP) is 3.19. The van der Waals surface area contributed by atoms with Gasteiger partial charge < -0.3 is 0 Å². The fourth-order valence-electron chi connectivity index (χ4n) is 5.65. The van der Waals surface area contributed by atoms with Gasteiger partial charge in [-0.3, -0.25) is 4.99 Å². The van der Waals surface area contributed by atoms with Crippen molar-refractivity contribution in [3.8, 4) is 6.07 Å². The second kappa shape index (κ2) is 3.34. The van der Waals surface area contributed by atoms with Crippen LogP contribution in [0, 0.1) is 40.4 Å². The lowest BCUT2D eigenvalue weighted by atomic mass is 9.47. The van der Waals surface area contributed by atoms with Crippen molar-refractivity contribution in [1.29, 1.82) is 5.26 Å². The van der Waals surface area contributed by atoms with Crippen molar-refractivity contribution in [2.45, 2.75) is 44.9 Å². The highest BCUT2D eigenvalue weighted by Gasteiger charge is 2.54. The second-order valence-corrected chi connectivity index (χ2v) is 6.94. The minimum atomic E-state index is 0.159. The van der Waals surface area contributed by atoms with Crippen LogP contribution in [0.1, 0.15) is 44.9 Å². The highest BCUT2D eigenvalue weighted by Crippen LogP contribution is 2.61. The molecule has 5 rings (SSSR count). The maximum absolute atomic E-state index is 9.31. The molecule has 0 aromatic carbocycles. The van der Waals surface area contributed by atoms with Gasteiger partial charge in [0.05, 0.1) is 12.0 Å². The maximum Gasteiger partial charge on any atom is 0.0864 e. The largest absolute Gasteiger partial charge is 0.292 e. The fourth-order valence-corrected chi connectivity index (χ4v) is 5.65. The fraction of sp³-hybridized carbons (Fsp3) is 0.867. The van der Waals surface area contributed by atoms with E-state index >= 15 is 0 Å². The number of nitrogens with zero attached hydrogens (tertiary/aromatic N) is 2. The summed E-state index contributed by atoms with van der Waals surface area (Å²) in [5, 5.41) is 9.31. The summed E-state index contributed by atoms with van der Waals surface area (Å²) < 4.78 is 0. The van der Waals surface area contributed by atoms with Gasteiger partial charge in [-0.05, 0) is 62.7 Å². The Kier molecular flexibility index (Phi) is 1.99. The zero-order chi connectivity index (χ0) is 11.5. The summed E-state index contributed by atoms with van der Waals surface area (Å²) in [6.07, 6.45) is 9.49. The molecule has 90 valence electrons. The average molecular weight is 228 g/mol. The first-order chi connectivity index (χ1) is 8.29. The van der Waals surface area contributed by atoms with E-state index in [4.69, 9.17) is 4.99 Å². The summed E-state index contributed by atoms with van der Waals surface area (Å²) in [5.74, 6) is 3.04. The molecule has 4 aliphatic carbocycles. The first kappa shape index (κ1) is 10.1. The first-order valence-electron chi connectivity index (χ1n) is 7.23. The molecule has 1 aliphatic heterocycles. The van der Waals surface area contributed by atoms with Gasteiger partial charge in [0.2, 0.25) is 0 Å². The van der Waals surface area contributed by atoms with Crippen LogP contribution in [-0.2, 0) is 0 Å². The smallest absolute Gasteiger partial charge is 0.0864 e. The van der Waals surface area contributed by atoms with Crippen molar-refractivity contribution in [3.05, 3.63) is 0 Å². The summed E-state index contributed by atoms with van der Waals surface area (Å²) in [6, 6.07) is 2.51. The van der Waals surface area contributed by atoms with Crippen molar-refractivity contribution in [2.24, 2.45) is 34.1 Å². The topological polar surface area (TPSA) is 36.1 Å². The summed E-state index contributed by atoms with van der Waals surface area (Å²) in [5.41, 5.74) is 1.71. The quantitative estimate of drug-likeness (QED) is 0.679. The van der Waals surface area contributed by atoms with Gasteiger partial charge in [-0.2, -0.15) is 5.26 Å². The van der Waals surface area contributed by atoms with E-state index in [9.17, 15) is 5.26 Å². The molecule has 0 aromatic rings. The van der Waals surface area contributed by atoms with Crippen LogP contribution in [-0.4, -0.2) is 12.3 Å². The van der Waals surface area contributed by atoms with Gasteiger partial charge in [0.15, 0.2) is 0 Å². The van der Waals surface area contributed by atoms with Gasteiger partial charge in [-0.15, -0.1) is 0 Å². The standard InChI is InChI=1S/C15H20N2/c16-9-13-1-2-17-14(13)15-6-10-3-11(7-15)5-12(4-10)8-15/h10-13H,1-8H2. The normalized spacial score (nSPS) is 51.4. The number of hydrogen-bond acceptors (Lipinski definition) is 2. The van der Waals surface area contributed by atoms with Crippen LogP contribution in [0.15, 0.2) is 4.99 Å². The minimum Gasteiger partial charge on any atom is -0.292 e. The Morgan fingerprint density at radius 2 is 1.65 bits per heavy atom. The molecule has 1 heterocycles. The summed E-state index contributed by atoms with van der Waals surface area (Å²) in [6.45, 7) is 0.912. The van der Waals surface area contributed by atoms with Crippen LogP contribution in [0.2, 0.25) is 0 Å². The van der Waals surface area contributed by atoms with E-state index in [0.29, 0.717) is 5.41 Å². The van der Waals surface area contributed by atoms with E-state index in [1.54, 1.807) is 0 Å². The Bertz CT molecular complexity index is 380. The third kappa shape index (κ3) is 1.35. The van der Waals surface area contributed by atoms with Crippen molar-refractivity contribution in [1.82, 2.24) is 0 Å². The SMILES string of the molecule is N#CC1CCN=C1C12CC3CC(CC(C3)C1)C2. The van der Waals surface area contributed by atoms with Crippen LogP contribution in [0.3, 0.4) is 0 Å². The van der Waals surface area contributed by atoms with Crippen molar-refractivity contribution in [2.75, 3.05) is 6.54 Å². The van der Waals surface area contributed by atoms with Gasteiger partial charge in [0.1, 0.15) is 0 Å². The molecule has 0 aromatic heterocycles. The molecule has 1 atom stereocenters. The van der Waals surface area contributed by atoms with Gasteiger partial charge in [-0.25, -0.2) is 0 Å². The molecule has 5 aliphatic rings. The molecule has 1 unspecified atom stereocenters. The average Bonchev–Trinajstić information content (AvgIpc) is 2.75. The van der Waals surface area contributed by atoms with E-state index in [0.717, 1.165) is 30.7 Å². The molecule has 0 radical (unpaired) electrons. The molecule has 4 fully saturated rings. The Labute approximate surface area is 103 Å². The lowest BCUT2D eigenvalue weighted by Gasteiger charge is -2.57. The molecule has 0 saturated heterocycles. The lowest BCUT2D eigenvalue weighted by Crippen LogP contribution is -2.50. The predicted molar refractivity (Wildman–Crippen MR) is 66.6 cm³/mol. The molecule has 17 heavy (non-hydrogen) atoms. The van der Waals surface area contributed by atoms with E-state index in [1.807, 2.05) is 0 Å². The molecule has 0 amide bonds. The highest BCUT2D eigenvalue weighted by atomic mass is 14.8. The van der Waals surface area contributed by atoms with Gasteiger partial charge in [0.25, 0.3) is 0 Å². The van der Waals surface area contributed by atoms with Gasteiger partial charge in [-0.1, -0.05) is 0 Å². The number of nitriles is 1. The Hall–Kier alpha value is -0.840. The molecule has 4 saturated carbocycles. The Balaban J connectivity index is 1.71.